The van der Waals surface area contributed by atoms with Crippen molar-refractivity contribution >= 4 is 47.5 Å². The van der Waals surface area contributed by atoms with Crippen molar-refractivity contribution in [3.8, 4) is 0 Å². The van der Waals surface area contributed by atoms with Gasteiger partial charge in [-0.2, -0.15) is 11.8 Å². The van der Waals surface area contributed by atoms with Crippen molar-refractivity contribution in [2.45, 2.75) is 50.8 Å². The Bertz CT molecular complexity index is 557. The van der Waals surface area contributed by atoms with E-state index in [2.05, 4.69) is 57.7 Å². The van der Waals surface area contributed by atoms with Gasteiger partial charge in [0.1, 0.15) is 5.82 Å². The SMILES string of the molecule is CN=C(NCc1ccnc(N2CCCCCC2)c1)NCC(C)(C)SC.I. The molecule has 1 fully saturated rings. The van der Waals surface area contributed by atoms with Crippen LogP contribution in [-0.2, 0) is 6.54 Å². The van der Waals surface area contributed by atoms with Crippen molar-refractivity contribution in [2.75, 3.05) is 37.8 Å². The van der Waals surface area contributed by atoms with Crippen LogP contribution >= 0.6 is 35.7 Å². The fourth-order valence-electron chi connectivity index (χ4n) is 2.82. The molecule has 0 amide bonds. The summed E-state index contributed by atoms with van der Waals surface area (Å²) < 4.78 is 0.189. The molecule has 1 saturated heterocycles. The van der Waals surface area contributed by atoms with Crippen LogP contribution < -0.4 is 15.5 Å². The smallest absolute Gasteiger partial charge is 0.191 e. The van der Waals surface area contributed by atoms with Crippen molar-refractivity contribution in [1.29, 1.82) is 0 Å². The van der Waals surface area contributed by atoms with Gasteiger partial charge < -0.3 is 15.5 Å². The van der Waals surface area contributed by atoms with Gasteiger partial charge in [-0.05, 0) is 50.6 Å². The summed E-state index contributed by atoms with van der Waals surface area (Å²) in [4.78, 5) is 11.3. The molecule has 1 aromatic rings. The summed E-state index contributed by atoms with van der Waals surface area (Å²) in [5.41, 5.74) is 1.24. The molecule has 148 valence electrons. The third-order valence-corrected chi connectivity index (χ3v) is 5.91. The van der Waals surface area contributed by atoms with Gasteiger partial charge >= 0.3 is 0 Å². The van der Waals surface area contributed by atoms with E-state index in [4.69, 9.17) is 0 Å². The Kier molecular flexibility index (Phi) is 10.7. The Morgan fingerprint density at radius 2 is 1.92 bits per heavy atom. The molecule has 0 aliphatic carbocycles. The molecule has 0 saturated carbocycles. The number of thioether (sulfide) groups is 1. The topological polar surface area (TPSA) is 52.6 Å². The molecule has 0 spiro atoms. The molecule has 0 unspecified atom stereocenters. The summed E-state index contributed by atoms with van der Waals surface area (Å²) in [6, 6.07) is 4.28. The molecule has 5 nitrogen and oxygen atoms in total. The lowest BCUT2D eigenvalue weighted by Gasteiger charge is -2.24. The predicted octanol–water partition coefficient (Wildman–Crippen LogP) is 3.89. The van der Waals surface area contributed by atoms with Crippen LogP contribution in [0.2, 0.25) is 0 Å². The number of aromatic nitrogens is 1. The number of hydrogen-bond acceptors (Lipinski definition) is 4. The number of guanidine groups is 1. The van der Waals surface area contributed by atoms with Crippen molar-refractivity contribution in [3.63, 3.8) is 0 Å². The predicted molar refractivity (Wildman–Crippen MR) is 126 cm³/mol. The number of hydrogen-bond donors (Lipinski definition) is 2. The van der Waals surface area contributed by atoms with Crippen LogP contribution in [0.15, 0.2) is 23.3 Å². The van der Waals surface area contributed by atoms with Crippen molar-refractivity contribution in [3.05, 3.63) is 23.9 Å². The molecule has 2 heterocycles. The van der Waals surface area contributed by atoms with Gasteiger partial charge in [-0.1, -0.05) is 12.8 Å². The Hall–Kier alpha value is -0.700. The second-order valence-corrected chi connectivity index (χ2v) is 8.68. The molecule has 7 heteroatoms. The Balaban J connectivity index is 0.00000338. The van der Waals surface area contributed by atoms with Crippen LogP contribution in [0, 0.1) is 0 Å². The maximum atomic E-state index is 4.58. The van der Waals surface area contributed by atoms with E-state index in [1.54, 1.807) is 0 Å². The molecule has 1 aliphatic rings. The van der Waals surface area contributed by atoms with Gasteiger partial charge in [0.15, 0.2) is 5.96 Å². The first-order valence-corrected chi connectivity index (χ1v) is 10.5. The molecule has 26 heavy (non-hydrogen) atoms. The summed E-state index contributed by atoms with van der Waals surface area (Å²) in [7, 11) is 1.82. The molecule has 1 aliphatic heterocycles. The number of pyridine rings is 1. The van der Waals surface area contributed by atoms with E-state index < -0.39 is 0 Å². The summed E-state index contributed by atoms with van der Waals surface area (Å²) >= 11 is 1.85. The molecule has 2 N–H and O–H groups in total. The van der Waals surface area contributed by atoms with Gasteiger partial charge in [-0.25, -0.2) is 4.98 Å². The lowest BCUT2D eigenvalue weighted by atomic mass is 10.2. The first-order chi connectivity index (χ1) is 12.0. The lowest BCUT2D eigenvalue weighted by Crippen LogP contribution is -2.43. The van der Waals surface area contributed by atoms with E-state index >= 15 is 0 Å². The first-order valence-electron chi connectivity index (χ1n) is 9.23. The zero-order valence-electron chi connectivity index (χ0n) is 16.5. The highest BCUT2D eigenvalue weighted by molar-refractivity contribution is 14.0. The minimum atomic E-state index is 0. The highest BCUT2D eigenvalue weighted by Crippen LogP contribution is 2.20. The summed E-state index contributed by atoms with van der Waals surface area (Å²) in [5.74, 6) is 1.95. The van der Waals surface area contributed by atoms with E-state index in [0.717, 1.165) is 38.0 Å². The molecule has 0 bridgehead atoms. The Morgan fingerprint density at radius 1 is 1.23 bits per heavy atom. The fraction of sp³-hybridized carbons (Fsp3) is 0.684. The molecule has 0 aromatic carbocycles. The van der Waals surface area contributed by atoms with Gasteiger partial charge in [0, 0.05) is 44.2 Å². The molecule has 0 radical (unpaired) electrons. The number of anilines is 1. The monoisotopic (exact) mass is 491 g/mol. The Morgan fingerprint density at radius 3 is 2.54 bits per heavy atom. The van der Waals surface area contributed by atoms with Crippen LogP contribution in [0.25, 0.3) is 0 Å². The maximum Gasteiger partial charge on any atom is 0.191 e. The van der Waals surface area contributed by atoms with E-state index in [-0.39, 0.29) is 28.7 Å². The van der Waals surface area contributed by atoms with Crippen LogP contribution in [-0.4, -0.2) is 48.6 Å². The van der Waals surface area contributed by atoms with Gasteiger partial charge in [0.2, 0.25) is 0 Å². The van der Waals surface area contributed by atoms with Gasteiger partial charge in [0.05, 0.1) is 0 Å². The van der Waals surface area contributed by atoms with E-state index in [0.29, 0.717) is 0 Å². The standard InChI is InChI=1S/C19H33N5S.HI/c1-19(2,25-4)15-23-18(20-3)22-14-16-9-10-21-17(13-16)24-11-7-5-6-8-12-24;/h9-10,13H,5-8,11-12,14-15H2,1-4H3,(H2,20,22,23);1H. The maximum absolute atomic E-state index is 4.58. The third kappa shape index (κ3) is 7.90. The number of aliphatic imine (C=N–C) groups is 1. The lowest BCUT2D eigenvalue weighted by molar-refractivity contribution is 0.664. The molecule has 0 atom stereocenters. The van der Waals surface area contributed by atoms with Crippen LogP contribution in [0.5, 0.6) is 0 Å². The second-order valence-electron chi connectivity index (χ2n) is 7.17. The van der Waals surface area contributed by atoms with Crippen LogP contribution in [0.1, 0.15) is 45.1 Å². The first kappa shape index (κ1) is 23.3. The highest BCUT2D eigenvalue weighted by atomic mass is 127. The Labute approximate surface area is 180 Å². The van der Waals surface area contributed by atoms with E-state index in [1.165, 1.54) is 31.2 Å². The van der Waals surface area contributed by atoms with Gasteiger partial charge in [0.25, 0.3) is 0 Å². The average molecular weight is 491 g/mol. The molecular weight excluding hydrogens is 457 g/mol. The number of rotatable bonds is 6. The van der Waals surface area contributed by atoms with Crippen molar-refractivity contribution < 1.29 is 0 Å². The second kappa shape index (κ2) is 11.9. The minimum absolute atomic E-state index is 0. The van der Waals surface area contributed by atoms with Crippen molar-refractivity contribution in [1.82, 2.24) is 15.6 Å². The largest absolute Gasteiger partial charge is 0.357 e. The van der Waals surface area contributed by atoms with E-state index in [9.17, 15) is 0 Å². The van der Waals surface area contributed by atoms with Gasteiger partial charge in [-0.15, -0.1) is 24.0 Å². The summed E-state index contributed by atoms with van der Waals surface area (Å²) in [5, 5.41) is 6.82. The number of nitrogens with zero attached hydrogens (tertiary/aromatic N) is 3. The summed E-state index contributed by atoms with van der Waals surface area (Å²) in [6.07, 6.45) is 9.28. The zero-order chi connectivity index (χ0) is 18.1. The molecule has 2 rings (SSSR count). The third-order valence-electron chi connectivity index (χ3n) is 4.66. The summed E-state index contributed by atoms with van der Waals surface area (Å²) in [6.45, 7) is 8.34. The van der Waals surface area contributed by atoms with Crippen LogP contribution in [0.3, 0.4) is 0 Å². The highest BCUT2D eigenvalue weighted by Gasteiger charge is 2.16. The quantitative estimate of drug-likeness (QED) is 0.359. The van der Waals surface area contributed by atoms with Crippen LogP contribution in [0.4, 0.5) is 5.82 Å². The van der Waals surface area contributed by atoms with E-state index in [1.807, 2.05) is 25.0 Å². The van der Waals surface area contributed by atoms with Gasteiger partial charge in [-0.3, -0.25) is 4.99 Å². The fourth-order valence-corrected chi connectivity index (χ4v) is 3.03. The number of halogens is 1. The average Bonchev–Trinajstić information content (AvgIpc) is 2.91. The van der Waals surface area contributed by atoms with Crippen molar-refractivity contribution in [2.24, 2.45) is 4.99 Å². The minimum Gasteiger partial charge on any atom is -0.357 e. The molecular formula is C19H34IN5S. The number of nitrogens with one attached hydrogen (secondary N) is 2. The molecule has 1 aromatic heterocycles. The normalized spacial score (nSPS) is 15.8. The zero-order valence-corrected chi connectivity index (χ0v) is 19.7.